The first-order valence-electron chi connectivity index (χ1n) is 8.03. The summed E-state index contributed by atoms with van der Waals surface area (Å²) in [6.45, 7) is 4.79. The average Bonchev–Trinajstić information content (AvgIpc) is 3.01. The van der Waals surface area contributed by atoms with E-state index in [1.807, 2.05) is 47.5 Å². The molecule has 0 bridgehead atoms. The lowest BCUT2D eigenvalue weighted by Crippen LogP contribution is -2.37. The third-order valence-electron chi connectivity index (χ3n) is 4.11. The second-order valence-electron chi connectivity index (χ2n) is 6.18. The van der Waals surface area contributed by atoms with Gasteiger partial charge in [-0.15, -0.1) is 0 Å². The van der Waals surface area contributed by atoms with Crippen LogP contribution in [0.15, 0.2) is 60.8 Å². The molecule has 2 aromatic carbocycles. The zero-order chi connectivity index (χ0) is 16.2. The lowest BCUT2D eigenvalue weighted by atomic mass is 10.1. The molecule has 0 aliphatic carbocycles. The summed E-state index contributed by atoms with van der Waals surface area (Å²) in [4.78, 5) is 17.9. The largest absolute Gasteiger partial charge is 0.361 e. The van der Waals surface area contributed by atoms with Crippen LogP contribution in [0.3, 0.4) is 0 Å². The molecule has 0 saturated heterocycles. The van der Waals surface area contributed by atoms with Gasteiger partial charge in [0.25, 0.3) is 0 Å². The summed E-state index contributed by atoms with van der Waals surface area (Å²) in [5.74, 6) is 0.165. The maximum Gasteiger partial charge on any atom is 0.227 e. The molecule has 3 nitrogen and oxygen atoms in total. The monoisotopic (exact) mass is 306 g/mol. The number of H-pyrrole nitrogens is 1. The van der Waals surface area contributed by atoms with Gasteiger partial charge in [-0.05, 0) is 48.6 Å². The number of fused-ring (bicyclic) bond motifs is 1. The molecule has 0 atom stereocenters. The number of rotatable bonds is 5. The summed E-state index contributed by atoms with van der Waals surface area (Å²) in [5.41, 5.74) is 3.32. The van der Waals surface area contributed by atoms with Gasteiger partial charge in [-0.2, -0.15) is 0 Å². The molecule has 0 radical (unpaired) electrons. The van der Waals surface area contributed by atoms with Crippen LogP contribution in [0, 0.1) is 0 Å². The van der Waals surface area contributed by atoms with Gasteiger partial charge in [-0.25, -0.2) is 0 Å². The van der Waals surface area contributed by atoms with E-state index in [4.69, 9.17) is 0 Å². The van der Waals surface area contributed by atoms with Crippen molar-refractivity contribution in [1.29, 1.82) is 0 Å². The van der Waals surface area contributed by atoms with Crippen molar-refractivity contribution in [2.24, 2.45) is 0 Å². The van der Waals surface area contributed by atoms with Crippen LogP contribution < -0.4 is 0 Å². The van der Waals surface area contributed by atoms with Gasteiger partial charge in [0.2, 0.25) is 5.91 Å². The first-order valence-corrected chi connectivity index (χ1v) is 8.03. The number of benzene rings is 2. The number of carbonyl (C=O) groups excluding carboxylic acids is 1. The summed E-state index contributed by atoms with van der Waals surface area (Å²) >= 11 is 0. The zero-order valence-corrected chi connectivity index (χ0v) is 13.6. The predicted molar refractivity (Wildman–Crippen MR) is 94.1 cm³/mol. The Balaban J connectivity index is 1.75. The molecule has 1 amide bonds. The van der Waals surface area contributed by atoms with Crippen molar-refractivity contribution in [3.8, 4) is 0 Å². The van der Waals surface area contributed by atoms with Gasteiger partial charge in [0.1, 0.15) is 0 Å². The maximum absolute atomic E-state index is 12.8. The van der Waals surface area contributed by atoms with E-state index < -0.39 is 0 Å². The van der Waals surface area contributed by atoms with Gasteiger partial charge < -0.3 is 9.88 Å². The van der Waals surface area contributed by atoms with Crippen LogP contribution in [0.4, 0.5) is 0 Å². The summed E-state index contributed by atoms with van der Waals surface area (Å²) in [7, 11) is 0. The molecule has 1 aromatic heterocycles. The van der Waals surface area contributed by atoms with Crippen molar-refractivity contribution in [2.75, 3.05) is 0 Å². The first-order chi connectivity index (χ1) is 11.1. The number of amides is 1. The average molecular weight is 306 g/mol. The fourth-order valence-electron chi connectivity index (χ4n) is 2.83. The minimum atomic E-state index is 0.165. The van der Waals surface area contributed by atoms with Crippen LogP contribution in [0.2, 0.25) is 0 Å². The second-order valence-corrected chi connectivity index (χ2v) is 6.18. The molecule has 0 unspecified atom stereocenters. The van der Waals surface area contributed by atoms with Crippen LogP contribution in [0.25, 0.3) is 10.9 Å². The summed E-state index contributed by atoms with van der Waals surface area (Å²) < 4.78 is 0. The Bertz CT molecular complexity index is 790. The van der Waals surface area contributed by atoms with Crippen molar-refractivity contribution < 1.29 is 4.79 Å². The Labute approximate surface area is 136 Å². The minimum Gasteiger partial charge on any atom is -0.361 e. The minimum absolute atomic E-state index is 0.165. The Hall–Kier alpha value is -2.55. The summed E-state index contributed by atoms with van der Waals surface area (Å²) in [6.07, 6.45) is 2.36. The molecular weight excluding hydrogens is 284 g/mol. The lowest BCUT2D eigenvalue weighted by Gasteiger charge is -2.27. The Morgan fingerprint density at radius 1 is 1.04 bits per heavy atom. The highest BCUT2D eigenvalue weighted by atomic mass is 16.2. The van der Waals surface area contributed by atoms with E-state index in [2.05, 4.69) is 37.0 Å². The van der Waals surface area contributed by atoms with Gasteiger partial charge in [0.05, 0.1) is 6.42 Å². The molecule has 0 aliphatic heterocycles. The quantitative estimate of drug-likeness (QED) is 0.755. The molecule has 3 rings (SSSR count). The third-order valence-corrected chi connectivity index (χ3v) is 4.11. The van der Waals surface area contributed by atoms with Gasteiger partial charge in [-0.1, -0.05) is 36.4 Å². The van der Waals surface area contributed by atoms with Gasteiger partial charge in [0.15, 0.2) is 0 Å². The Morgan fingerprint density at radius 2 is 1.83 bits per heavy atom. The zero-order valence-electron chi connectivity index (χ0n) is 13.6. The SMILES string of the molecule is CC(C)N(Cc1ccccc1)C(=O)Cc1ccc2[nH]ccc2c1. The maximum atomic E-state index is 12.8. The first kappa shape index (κ1) is 15.3. The smallest absolute Gasteiger partial charge is 0.227 e. The molecule has 3 heteroatoms. The van der Waals surface area contributed by atoms with E-state index in [-0.39, 0.29) is 11.9 Å². The van der Waals surface area contributed by atoms with E-state index >= 15 is 0 Å². The van der Waals surface area contributed by atoms with E-state index in [0.717, 1.165) is 22.0 Å². The van der Waals surface area contributed by atoms with Crippen molar-refractivity contribution in [2.45, 2.75) is 32.9 Å². The Kier molecular flexibility index (Phi) is 4.47. The fraction of sp³-hybridized carbons (Fsp3) is 0.250. The summed E-state index contributed by atoms with van der Waals surface area (Å²) in [6, 6.07) is 18.5. The number of hydrogen-bond acceptors (Lipinski definition) is 1. The number of nitrogens with zero attached hydrogens (tertiary/aromatic N) is 1. The van der Waals surface area contributed by atoms with E-state index in [0.29, 0.717) is 13.0 Å². The lowest BCUT2D eigenvalue weighted by molar-refractivity contribution is -0.132. The molecule has 118 valence electrons. The van der Waals surface area contributed by atoms with Crippen LogP contribution >= 0.6 is 0 Å². The molecular formula is C20H22N2O. The molecule has 0 spiro atoms. The topological polar surface area (TPSA) is 36.1 Å². The fourth-order valence-corrected chi connectivity index (χ4v) is 2.83. The molecule has 0 aliphatic rings. The molecule has 1 heterocycles. The van der Waals surface area contributed by atoms with Gasteiger partial charge in [0, 0.05) is 24.3 Å². The van der Waals surface area contributed by atoms with Crippen LogP contribution in [0.5, 0.6) is 0 Å². The molecule has 3 aromatic rings. The van der Waals surface area contributed by atoms with Crippen molar-refractivity contribution in [3.63, 3.8) is 0 Å². The third kappa shape index (κ3) is 3.62. The highest BCUT2D eigenvalue weighted by Gasteiger charge is 2.17. The van der Waals surface area contributed by atoms with Crippen molar-refractivity contribution >= 4 is 16.8 Å². The molecule has 23 heavy (non-hydrogen) atoms. The number of nitrogens with one attached hydrogen (secondary N) is 1. The summed E-state index contributed by atoms with van der Waals surface area (Å²) in [5, 5.41) is 1.15. The molecule has 0 saturated carbocycles. The van der Waals surface area contributed by atoms with Crippen LogP contribution in [-0.4, -0.2) is 21.8 Å². The van der Waals surface area contributed by atoms with Crippen molar-refractivity contribution in [3.05, 3.63) is 71.9 Å². The van der Waals surface area contributed by atoms with Crippen LogP contribution in [-0.2, 0) is 17.8 Å². The highest BCUT2D eigenvalue weighted by molar-refractivity contribution is 5.83. The highest BCUT2D eigenvalue weighted by Crippen LogP contribution is 2.16. The van der Waals surface area contributed by atoms with Gasteiger partial charge >= 0.3 is 0 Å². The van der Waals surface area contributed by atoms with E-state index in [9.17, 15) is 4.79 Å². The number of aromatic nitrogens is 1. The normalized spacial score (nSPS) is 11.1. The second kappa shape index (κ2) is 6.69. The van der Waals surface area contributed by atoms with Crippen LogP contribution in [0.1, 0.15) is 25.0 Å². The van der Waals surface area contributed by atoms with Crippen molar-refractivity contribution in [1.82, 2.24) is 9.88 Å². The van der Waals surface area contributed by atoms with E-state index in [1.54, 1.807) is 0 Å². The Morgan fingerprint density at radius 3 is 2.57 bits per heavy atom. The number of carbonyl (C=O) groups is 1. The number of aromatic amines is 1. The molecule has 0 fully saturated rings. The predicted octanol–water partition coefficient (Wildman–Crippen LogP) is 4.15. The van der Waals surface area contributed by atoms with Gasteiger partial charge in [-0.3, -0.25) is 4.79 Å². The molecule has 1 N–H and O–H groups in total. The number of hydrogen-bond donors (Lipinski definition) is 1. The standard InChI is InChI=1S/C20H22N2O/c1-15(2)22(14-16-6-4-3-5-7-16)20(23)13-17-8-9-19-18(12-17)10-11-21-19/h3-12,15,21H,13-14H2,1-2H3. The van der Waals surface area contributed by atoms with E-state index in [1.165, 1.54) is 0 Å².